The molecule has 0 saturated heterocycles. The molecule has 1 saturated carbocycles. The normalized spacial score (nSPS) is 26.9. The van der Waals surface area contributed by atoms with Gasteiger partial charge < -0.3 is 10.1 Å². The van der Waals surface area contributed by atoms with Crippen LogP contribution in [-0.4, -0.2) is 24.7 Å². The Hall–Kier alpha value is -0.570. The van der Waals surface area contributed by atoms with Crippen LogP contribution in [0.1, 0.15) is 53.4 Å². The number of hydrogen-bond donors (Lipinski definition) is 1. The largest absolute Gasteiger partial charge is 0.465 e. The first-order valence-electron chi connectivity index (χ1n) is 6.97. The van der Waals surface area contributed by atoms with Gasteiger partial charge in [-0.1, -0.05) is 26.7 Å². The van der Waals surface area contributed by atoms with Crippen LogP contribution in [0, 0.1) is 11.8 Å². The molecule has 0 amide bonds. The van der Waals surface area contributed by atoms with Crippen molar-refractivity contribution in [3.63, 3.8) is 0 Å². The van der Waals surface area contributed by atoms with Crippen molar-refractivity contribution in [2.45, 2.75) is 65.5 Å². The molecule has 3 nitrogen and oxygen atoms in total. The summed E-state index contributed by atoms with van der Waals surface area (Å²) in [4.78, 5) is 11.5. The Balaban J connectivity index is 2.37. The van der Waals surface area contributed by atoms with E-state index in [1.807, 2.05) is 13.8 Å². The van der Waals surface area contributed by atoms with E-state index in [1.165, 1.54) is 25.7 Å². The van der Waals surface area contributed by atoms with Gasteiger partial charge in [-0.3, -0.25) is 4.79 Å². The van der Waals surface area contributed by atoms with Crippen LogP contribution in [0.25, 0.3) is 0 Å². The van der Waals surface area contributed by atoms with E-state index >= 15 is 0 Å². The van der Waals surface area contributed by atoms with Crippen LogP contribution in [0.5, 0.6) is 0 Å². The molecular weight excluding hydrogens is 214 g/mol. The van der Waals surface area contributed by atoms with E-state index in [4.69, 9.17) is 4.74 Å². The number of ether oxygens (including phenoxy) is 1. The number of hydrogen-bond acceptors (Lipinski definition) is 3. The van der Waals surface area contributed by atoms with Crippen molar-refractivity contribution >= 4 is 5.97 Å². The van der Waals surface area contributed by atoms with Gasteiger partial charge in [0.05, 0.1) is 6.61 Å². The van der Waals surface area contributed by atoms with Gasteiger partial charge in [0.2, 0.25) is 0 Å². The molecule has 0 heterocycles. The lowest BCUT2D eigenvalue weighted by Crippen LogP contribution is -2.44. The fourth-order valence-corrected chi connectivity index (χ4v) is 2.67. The summed E-state index contributed by atoms with van der Waals surface area (Å²) in [6.07, 6.45) is 4.99. The minimum Gasteiger partial charge on any atom is -0.465 e. The van der Waals surface area contributed by atoms with Crippen molar-refractivity contribution in [1.82, 2.24) is 5.32 Å². The van der Waals surface area contributed by atoms with Gasteiger partial charge in [-0.2, -0.15) is 0 Å². The molecule has 3 atom stereocenters. The first kappa shape index (κ1) is 14.5. The number of nitrogens with one attached hydrogen (secondary N) is 1. The average Bonchev–Trinajstić information content (AvgIpc) is 2.29. The molecule has 3 heteroatoms. The Labute approximate surface area is 105 Å². The smallest absolute Gasteiger partial charge is 0.322 e. The van der Waals surface area contributed by atoms with Gasteiger partial charge in [-0.15, -0.1) is 0 Å². The van der Waals surface area contributed by atoms with Crippen LogP contribution >= 0.6 is 0 Å². The highest BCUT2D eigenvalue weighted by atomic mass is 16.5. The third-order valence-corrected chi connectivity index (χ3v) is 3.78. The quantitative estimate of drug-likeness (QED) is 0.752. The minimum absolute atomic E-state index is 0.126. The molecular formula is C14H27NO2. The number of carbonyl (C=O) groups excluding carboxylic acids is 1. The Morgan fingerprint density at radius 1 is 1.35 bits per heavy atom. The second-order valence-electron chi connectivity index (χ2n) is 5.51. The van der Waals surface area contributed by atoms with Crippen LogP contribution in [0.2, 0.25) is 0 Å². The number of carbonyl (C=O) groups is 1. The van der Waals surface area contributed by atoms with Crippen molar-refractivity contribution in [2.24, 2.45) is 11.8 Å². The summed E-state index contributed by atoms with van der Waals surface area (Å²) in [5, 5.41) is 3.41. The summed E-state index contributed by atoms with van der Waals surface area (Å²) in [5.74, 6) is 1.42. The molecule has 0 bridgehead atoms. The maximum atomic E-state index is 11.5. The summed E-state index contributed by atoms with van der Waals surface area (Å²) >= 11 is 0. The van der Waals surface area contributed by atoms with Gasteiger partial charge in [-0.25, -0.2) is 0 Å². The second-order valence-corrected chi connectivity index (χ2v) is 5.51. The highest BCUT2D eigenvalue weighted by Gasteiger charge is 2.26. The summed E-state index contributed by atoms with van der Waals surface area (Å²) < 4.78 is 5.02. The maximum Gasteiger partial charge on any atom is 0.322 e. The molecule has 1 fully saturated rings. The van der Waals surface area contributed by atoms with Gasteiger partial charge in [0.15, 0.2) is 0 Å². The van der Waals surface area contributed by atoms with E-state index in [-0.39, 0.29) is 12.0 Å². The summed E-state index contributed by atoms with van der Waals surface area (Å²) in [6, 6.07) is 0.307. The zero-order chi connectivity index (χ0) is 12.8. The highest BCUT2D eigenvalue weighted by Crippen LogP contribution is 2.30. The zero-order valence-electron chi connectivity index (χ0n) is 11.7. The molecule has 0 aromatic carbocycles. The van der Waals surface area contributed by atoms with E-state index in [0.29, 0.717) is 12.6 Å². The molecule has 0 spiro atoms. The van der Waals surface area contributed by atoms with Crippen LogP contribution in [-0.2, 0) is 9.53 Å². The number of rotatable bonds is 5. The van der Waals surface area contributed by atoms with Crippen LogP contribution in [0.3, 0.4) is 0 Å². The van der Waals surface area contributed by atoms with Crippen LogP contribution in [0.15, 0.2) is 0 Å². The van der Waals surface area contributed by atoms with Gasteiger partial charge in [-0.05, 0) is 38.5 Å². The lowest BCUT2D eigenvalue weighted by molar-refractivity contribution is -0.145. The fourth-order valence-electron chi connectivity index (χ4n) is 2.67. The monoisotopic (exact) mass is 241 g/mol. The Morgan fingerprint density at radius 2 is 2.06 bits per heavy atom. The van der Waals surface area contributed by atoms with Gasteiger partial charge in [0, 0.05) is 6.04 Å². The minimum atomic E-state index is -0.175. The molecule has 0 aromatic heterocycles. The second kappa shape index (κ2) is 7.00. The van der Waals surface area contributed by atoms with Crippen LogP contribution in [0.4, 0.5) is 0 Å². The van der Waals surface area contributed by atoms with Crippen molar-refractivity contribution in [2.75, 3.05) is 6.61 Å². The van der Waals surface area contributed by atoms with Crippen LogP contribution < -0.4 is 5.32 Å². The molecule has 0 aromatic rings. The lowest BCUT2D eigenvalue weighted by Gasteiger charge is -2.33. The fraction of sp³-hybridized carbons (Fsp3) is 0.929. The highest BCUT2D eigenvalue weighted by molar-refractivity contribution is 5.75. The summed E-state index contributed by atoms with van der Waals surface area (Å²) in [6.45, 7) is 8.80. The summed E-state index contributed by atoms with van der Waals surface area (Å²) in [5.41, 5.74) is 0. The average molecular weight is 241 g/mol. The molecule has 17 heavy (non-hydrogen) atoms. The predicted octanol–water partition coefficient (Wildman–Crippen LogP) is 2.74. The standard InChI is InChI=1S/C14H27NO2/c1-5-17-14(16)11(4)15-13-8-6-7-12(9-13)10(2)3/h10-13,15H,5-9H2,1-4H3. The third-order valence-electron chi connectivity index (χ3n) is 3.78. The molecule has 0 aliphatic heterocycles. The van der Waals surface area contributed by atoms with E-state index in [1.54, 1.807) is 0 Å². The topological polar surface area (TPSA) is 38.3 Å². The van der Waals surface area contributed by atoms with E-state index in [0.717, 1.165) is 11.8 Å². The molecule has 1 rings (SSSR count). The van der Waals surface area contributed by atoms with E-state index < -0.39 is 0 Å². The van der Waals surface area contributed by atoms with E-state index in [2.05, 4.69) is 19.2 Å². The Bertz CT molecular complexity index is 240. The Kier molecular flexibility index (Phi) is 5.96. The Morgan fingerprint density at radius 3 is 2.65 bits per heavy atom. The van der Waals surface area contributed by atoms with Gasteiger partial charge in [0.25, 0.3) is 0 Å². The van der Waals surface area contributed by atoms with Crippen molar-refractivity contribution in [3.8, 4) is 0 Å². The van der Waals surface area contributed by atoms with Gasteiger partial charge >= 0.3 is 5.97 Å². The molecule has 0 radical (unpaired) electrons. The summed E-state index contributed by atoms with van der Waals surface area (Å²) in [7, 11) is 0. The third kappa shape index (κ3) is 4.66. The molecule has 1 aliphatic rings. The molecule has 1 aliphatic carbocycles. The molecule has 100 valence electrons. The van der Waals surface area contributed by atoms with Crippen molar-refractivity contribution in [3.05, 3.63) is 0 Å². The SMILES string of the molecule is CCOC(=O)C(C)NC1CCCC(C(C)C)C1. The predicted molar refractivity (Wildman–Crippen MR) is 69.8 cm³/mol. The lowest BCUT2D eigenvalue weighted by atomic mass is 9.79. The first-order valence-corrected chi connectivity index (χ1v) is 6.97. The first-order chi connectivity index (χ1) is 8.04. The number of esters is 1. The maximum absolute atomic E-state index is 11.5. The molecule has 3 unspecified atom stereocenters. The van der Waals surface area contributed by atoms with Gasteiger partial charge in [0.1, 0.15) is 6.04 Å². The zero-order valence-corrected chi connectivity index (χ0v) is 11.7. The van der Waals surface area contributed by atoms with Crippen molar-refractivity contribution in [1.29, 1.82) is 0 Å². The van der Waals surface area contributed by atoms with Crippen molar-refractivity contribution < 1.29 is 9.53 Å². The molecule has 1 N–H and O–H groups in total. The van der Waals surface area contributed by atoms with E-state index in [9.17, 15) is 4.79 Å².